The third-order valence-electron chi connectivity index (χ3n) is 3.72. The van der Waals surface area contributed by atoms with E-state index in [1.807, 2.05) is 12.1 Å². The van der Waals surface area contributed by atoms with E-state index in [9.17, 15) is 0 Å². The van der Waals surface area contributed by atoms with E-state index in [4.69, 9.17) is 10.5 Å². The first kappa shape index (κ1) is 12.2. The Balaban J connectivity index is 2.14. The second-order valence-electron chi connectivity index (χ2n) is 4.88. The second-order valence-corrected chi connectivity index (χ2v) is 4.88. The highest BCUT2D eigenvalue weighted by molar-refractivity contribution is 5.70. The van der Waals surface area contributed by atoms with Crippen molar-refractivity contribution in [2.24, 2.45) is 5.73 Å². The molecule has 1 aliphatic rings. The van der Waals surface area contributed by atoms with Crippen LogP contribution in [0.2, 0.25) is 0 Å². The van der Waals surface area contributed by atoms with E-state index >= 15 is 0 Å². The molecule has 0 radical (unpaired) electrons. The van der Waals surface area contributed by atoms with Gasteiger partial charge >= 0.3 is 0 Å². The fraction of sp³-hybridized carbons (Fsp3) is 0.400. The Bertz CT molecular complexity index is 589. The molecule has 0 amide bonds. The number of nitrogens with zero attached hydrogens (tertiary/aromatic N) is 2. The minimum Gasteiger partial charge on any atom is -0.497 e. The first-order valence-corrected chi connectivity index (χ1v) is 6.76. The van der Waals surface area contributed by atoms with Gasteiger partial charge in [0.15, 0.2) is 0 Å². The Morgan fingerprint density at radius 1 is 1.37 bits per heavy atom. The molecule has 4 heteroatoms. The molecular formula is C15H19N3O. The zero-order valence-corrected chi connectivity index (χ0v) is 11.2. The number of hydrogen-bond donors (Lipinski definition) is 1. The van der Waals surface area contributed by atoms with Crippen molar-refractivity contribution in [3.05, 3.63) is 35.7 Å². The number of fused-ring (bicyclic) bond motifs is 1. The van der Waals surface area contributed by atoms with Crippen LogP contribution in [0, 0.1) is 0 Å². The number of methoxy groups -OCH3 is 1. The van der Waals surface area contributed by atoms with Crippen LogP contribution in [0.15, 0.2) is 24.3 Å². The zero-order chi connectivity index (χ0) is 13.2. The molecule has 1 aliphatic heterocycles. The molecule has 3 rings (SSSR count). The molecular weight excluding hydrogens is 238 g/mol. The predicted molar refractivity (Wildman–Crippen MR) is 75.0 cm³/mol. The summed E-state index contributed by atoms with van der Waals surface area (Å²) >= 11 is 0. The van der Waals surface area contributed by atoms with Crippen molar-refractivity contribution < 1.29 is 4.74 Å². The highest BCUT2D eigenvalue weighted by Crippen LogP contribution is 2.32. The summed E-state index contributed by atoms with van der Waals surface area (Å²) in [6.07, 6.45) is 3.52. The van der Waals surface area contributed by atoms with Crippen LogP contribution < -0.4 is 10.5 Å². The lowest BCUT2D eigenvalue weighted by atomic mass is 9.98. The highest BCUT2D eigenvalue weighted by Gasteiger charge is 2.20. The monoisotopic (exact) mass is 257 g/mol. The van der Waals surface area contributed by atoms with Gasteiger partial charge in [0, 0.05) is 24.3 Å². The maximum atomic E-state index is 5.86. The van der Waals surface area contributed by atoms with Crippen LogP contribution in [0.4, 0.5) is 0 Å². The zero-order valence-electron chi connectivity index (χ0n) is 11.2. The summed E-state index contributed by atoms with van der Waals surface area (Å²) in [5.41, 5.74) is 10.5. The maximum absolute atomic E-state index is 5.86. The summed E-state index contributed by atoms with van der Waals surface area (Å²) in [6.45, 7) is 1.48. The number of aromatic nitrogens is 2. The van der Waals surface area contributed by atoms with Gasteiger partial charge in [0.05, 0.1) is 12.8 Å². The van der Waals surface area contributed by atoms with Crippen molar-refractivity contribution in [1.29, 1.82) is 0 Å². The summed E-state index contributed by atoms with van der Waals surface area (Å²) in [5.74, 6) is 0.872. The highest BCUT2D eigenvalue weighted by atomic mass is 16.5. The minimum atomic E-state index is 0.479. The molecule has 0 fully saturated rings. The molecule has 0 aliphatic carbocycles. The summed E-state index contributed by atoms with van der Waals surface area (Å²) < 4.78 is 7.44. The molecule has 0 saturated carbocycles. The van der Waals surface area contributed by atoms with Crippen molar-refractivity contribution in [1.82, 2.24) is 9.78 Å². The van der Waals surface area contributed by atoms with Crippen LogP contribution in [0.1, 0.15) is 24.2 Å². The van der Waals surface area contributed by atoms with Crippen molar-refractivity contribution in [2.75, 3.05) is 7.11 Å². The van der Waals surface area contributed by atoms with Crippen molar-refractivity contribution in [2.45, 2.75) is 32.4 Å². The van der Waals surface area contributed by atoms with Crippen LogP contribution >= 0.6 is 0 Å². The van der Waals surface area contributed by atoms with E-state index < -0.39 is 0 Å². The number of nitrogens with two attached hydrogens (primary N) is 1. The van der Waals surface area contributed by atoms with Gasteiger partial charge in [0.25, 0.3) is 0 Å². The average Bonchev–Trinajstić information content (AvgIpc) is 2.85. The summed E-state index contributed by atoms with van der Waals surface area (Å²) in [6, 6.07) is 8.14. The molecule has 1 aromatic carbocycles. The molecule has 2 aromatic rings. The van der Waals surface area contributed by atoms with Crippen molar-refractivity contribution >= 4 is 0 Å². The van der Waals surface area contributed by atoms with Gasteiger partial charge in [-0.1, -0.05) is 12.1 Å². The van der Waals surface area contributed by atoms with Gasteiger partial charge in [-0.3, -0.25) is 4.68 Å². The molecule has 0 spiro atoms. The normalized spacial score (nSPS) is 14.2. The van der Waals surface area contributed by atoms with Gasteiger partial charge in [0.2, 0.25) is 0 Å². The number of hydrogen-bond acceptors (Lipinski definition) is 3. The fourth-order valence-electron chi connectivity index (χ4n) is 2.80. The quantitative estimate of drug-likeness (QED) is 0.918. The third kappa shape index (κ3) is 2.12. The van der Waals surface area contributed by atoms with E-state index in [2.05, 4.69) is 21.9 Å². The van der Waals surface area contributed by atoms with E-state index in [1.165, 1.54) is 24.1 Å². The molecule has 0 atom stereocenters. The Morgan fingerprint density at radius 3 is 3.05 bits per heavy atom. The molecule has 100 valence electrons. The molecule has 0 saturated heterocycles. The van der Waals surface area contributed by atoms with Gasteiger partial charge in [-0.15, -0.1) is 0 Å². The van der Waals surface area contributed by atoms with Gasteiger partial charge in [-0.2, -0.15) is 5.10 Å². The molecule has 4 nitrogen and oxygen atoms in total. The van der Waals surface area contributed by atoms with Crippen LogP contribution in [-0.4, -0.2) is 16.9 Å². The smallest absolute Gasteiger partial charge is 0.119 e. The summed E-state index contributed by atoms with van der Waals surface area (Å²) in [5, 5.41) is 4.65. The Labute approximate surface area is 113 Å². The van der Waals surface area contributed by atoms with Crippen LogP contribution in [0.3, 0.4) is 0 Å². The molecule has 19 heavy (non-hydrogen) atoms. The topological polar surface area (TPSA) is 53.1 Å². The number of rotatable bonds is 3. The van der Waals surface area contributed by atoms with Crippen molar-refractivity contribution in [3.63, 3.8) is 0 Å². The van der Waals surface area contributed by atoms with Crippen LogP contribution in [-0.2, 0) is 19.5 Å². The first-order chi connectivity index (χ1) is 9.33. The lowest BCUT2D eigenvalue weighted by Gasteiger charge is -2.15. The first-order valence-electron chi connectivity index (χ1n) is 6.76. The summed E-state index contributed by atoms with van der Waals surface area (Å²) in [4.78, 5) is 0. The van der Waals surface area contributed by atoms with E-state index in [0.717, 1.165) is 30.0 Å². The van der Waals surface area contributed by atoms with Crippen LogP contribution in [0.5, 0.6) is 5.75 Å². The maximum Gasteiger partial charge on any atom is 0.119 e. The van der Waals surface area contributed by atoms with Gasteiger partial charge in [-0.05, 0) is 37.0 Å². The molecule has 0 bridgehead atoms. The van der Waals surface area contributed by atoms with E-state index in [1.54, 1.807) is 7.11 Å². The second kappa shape index (κ2) is 5.05. The SMILES string of the molecule is COc1cccc(-c2c(CN)nn3c2CCCC3)c1. The van der Waals surface area contributed by atoms with E-state index in [0.29, 0.717) is 6.54 Å². The Hall–Kier alpha value is -1.81. The van der Waals surface area contributed by atoms with E-state index in [-0.39, 0.29) is 0 Å². The number of benzene rings is 1. The minimum absolute atomic E-state index is 0.479. The van der Waals surface area contributed by atoms with Crippen LogP contribution in [0.25, 0.3) is 11.1 Å². The molecule has 1 aromatic heterocycles. The fourth-order valence-corrected chi connectivity index (χ4v) is 2.80. The number of aryl methyl sites for hydroxylation is 1. The average molecular weight is 257 g/mol. The van der Waals surface area contributed by atoms with Gasteiger partial charge in [0.1, 0.15) is 5.75 Å². The third-order valence-corrected chi connectivity index (χ3v) is 3.72. The predicted octanol–water partition coefficient (Wildman–Crippen LogP) is 2.35. The largest absolute Gasteiger partial charge is 0.497 e. The lowest BCUT2D eigenvalue weighted by molar-refractivity contribution is 0.415. The molecule has 2 N–H and O–H groups in total. The van der Waals surface area contributed by atoms with Gasteiger partial charge in [-0.25, -0.2) is 0 Å². The standard InChI is InChI=1S/C15H19N3O/c1-19-12-6-4-5-11(9-12)15-13(10-16)17-18-8-3-2-7-14(15)18/h4-6,9H,2-3,7-8,10,16H2,1H3. The molecule has 0 unspecified atom stereocenters. The number of ether oxygens (including phenoxy) is 1. The Kier molecular flexibility index (Phi) is 3.25. The van der Waals surface area contributed by atoms with Gasteiger partial charge < -0.3 is 10.5 Å². The Morgan fingerprint density at radius 2 is 2.26 bits per heavy atom. The molecule has 2 heterocycles. The lowest BCUT2D eigenvalue weighted by Crippen LogP contribution is -2.11. The van der Waals surface area contributed by atoms with Crippen molar-refractivity contribution in [3.8, 4) is 16.9 Å². The summed E-state index contributed by atoms with van der Waals surface area (Å²) in [7, 11) is 1.69.